The lowest BCUT2D eigenvalue weighted by Crippen LogP contribution is -2.12. The van der Waals surface area contributed by atoms with Gasteiger partial charge in [0.2, 0.25) is 0 Å². The molecule has 1 heterocycles. The van der Waals surface area contributed by atoms with Crippen LogP contribution >= 0.6 is 0 Å². The van der Waals surface area contributed by atoms with E-state index in [4.69, 9.17) is 5.73 Å². The zero-order valence-corrected chi connectivity index (χ0v) is 8.83. The van der Waals surface area contributed by atoms with Crippen molar-refractivity contribution in [1.29, 1.82) is 0 Å². The van der Waals surface area contributed by atoms with E-state index in [2.05, 4.69) is 4.98 Å². The van der Waals surface area contributed by atoms with E-state index in [0.29, 0.717) is 12.0 Å². The van der Waals surface area contributed by atoms with Crippen LogP contribution in [0.5, 0.6) is 0 Å². The number of nitrogens with two attached hydrogens (primary N) is 1. The molecule has 2 nitrogen and oxygen atoms in total. The van der Waals surface area contributed by atoms with Crippen LogP contribution in [0.2, 0.25) is 0 Å². The van der Waals surface area contributed by atoms with Gasteiger partial charge in [-0.3, -0.25) is 4.98 Å². The van der Waals surface area contributed by atoms with Crippen molar-refractivity contribution in [3.63, 3.8) is 0 Å². The van der Waals surface area contributed by atoms with E-state index in [0.717, 1.165) is 12.3 Å². The molecule has 1 unspecified atom stereocenters. The number of hydrogen-bond acceptors (Lipinski definition) is 2. The minimum absolute atomic E-state index is 0.00462. The number of pyridine rings is 1. The maximum atomic E-state index is 12.3. The highest BCUT2D eigenvalue weighted by Gasteiger charge is 2.30. The standard InChI is InChI=1S/C11H13F3N2/c1-8(15)3-2-4-9-5-10(7-16-6-9)11(12,13)14/h2,4-8H,3,15H2,1H3. The van der Waals surface area contributed by atoms with E-state index < -0.39 is 11.7 Å². The van der Waals surface area contributed by atoms with Crippen molar-refractivity contribution in [2.75, 3.05) is 0 Å². The highest BCUT2D eigenvalue weighted by atomic mass is 19.4. The Kier molecular flexibility index (Phi) is 4.06. The van der Waals surface area contributed by atoms with E-state index in [-0.39, 0.29) is 6.04 Å². The number of hydrogen-bond donors (Lipinski definition) is 1. The van der Waals surface area contributed by atoms with Crippen LogP contribution in [-0.4, -0.2) is 11.0 Å². The zero-order chi connectivity index (χ0) is 12.2. The number of rotatable bonds is 3. The van der Waals surface area contributed by atoms with Gasteiger partial charge >= 0.3 is 6.18 Å². The SMILES string of the molecule is CC(N)CC=Cc1cncc(C(F)(F)F)c1. The minimum Gasteiger partial charge on any atom is -0.328 e. The molecular formula is C11H13F3N2. The number of aromatic nitrogens is 1. The molecule has 0 bridgehead atoms. The van der Waals surface area contributed by atoms with Crippen LogP contribution in [-0.2, 0) is 6.18 Å². The molecule has 0 aromatic carbocycles. The predicted molar refractivity (Wildman–Crippen MR) is 56.5 cm³/mol. The van der Waals surface area contributed by atoms with Gasteiger partial charge in [0.05, 0.1) is 5.56 Å². The summed E-state index contributed by atoms with van der Waals surface area (Å²) in [5.74, 6) is 0. The van der Waals surface area contributed by atoms with E-state index in [1.165, 1.54) is 6.20 Å². The van der Waals surface area contributed by atoms with Crippen molar-refractivity contribution in [1.82, 2.24) is 4.98 Å². The second kappa shape index (κ2) is 5.12. The van der Waals surface area contributed by atoms with Crippen LogP contribution in [0.4, 0.5) is 13.2 Å². The fraction of sp³-hybridized carbons (Fsp3) is 0.364. The Hall–Kier alpha value is -1.36. The van der Waals surface area contributed by atoms with E-state index in [9.17, 15) is 13.2 Å². The Balaban J connectivity index is 2.79. The summed E-state index contributed by atoms with van der Waals surface area (Å²) in [6.45, 7) is 1.83. The van der Waals surface area contributed by atoms with Gasteiger partial charge in [-0.2, -0.15) is 13.2 Å². The molecule has 1 aromatic rings. The van der Waals surface area contributed by atoms with Crippen molar-refractivity contribution >= 4 is 6.08 Å². The lowest BCUT2D eigenvalue weighted by atomic mass is 10.1. The molecule has 1 atom stereocenters. The monoisotopic (exact) mass is 230 g/mol. The summed E-state index contributed by atoms with van der Waals surface area (Å²) in [5.41, 5.74) is 5.19. The fourth-order valence-corrected chi connectivity index (χ4v) is 1.12. The summed E-state index contributed by atoms with van der Waals surface area (Å²) in [4.78, 5) is 3.55. The smallest absolute Gasteiger partial charge is 0.328 e. The largest absolute Gasteiger partial charge is 0.417 e. The molecule has 5 heteroatoms. The minimum atomic E-state index is -4.35. The second-order valence-corrected chi connectivity index (χ2v) is 3.62. The maximum Gasteiger partial charge on any atom is 0.417 e. The molecule has 0 spiro atoms. The molecule has 0 saturated carbocycles. The van der Waals surface area contributed by atoms with E-state index >= 15 is 0 Å². The first-order valence-corrected chi connectivity index (χ1v) is 4.84. The summed E-state index contributed by atoms with van der Waals surface area (Å²) < 4.78 is 37.0. The Morgan fingerprint density at radius 1 is 1.44 bits per heavy atom. The molecule has 0 fully saturated rings. The van der Waals surface area contributed by atoms with Gasteiger partial charge in [-0.05, 0) is 25.0 Å². The number of halogens is 3. The van der Waals surface area contributed by atoms with Gasteiger partial charge in [0.1, 0.15) is 0 Å². The Labute approximate surface area is 92.0 Å². The first kappa shape index (κ1) is 12.7. The predicted octanol–water partition coefficient (Wildman–Crippen LogP) is 2.85. The van der Waals surface area contributed by atoms with Crippen molar-refractivity contribution in [3.05, 3.63) is 35.7 Å². The summed E-state index contributed by atoms with van der Waals surface area (Å²) in [5, 5.41) is 0. The molecule has 0 amide bonds. The molecule has 88 valence electrons. The van der Waals surface area contributed by atoms with E-state index in [1.54, 1.807) is 12.2 Å². The second-order valence-electron chi connectivity index (χ2n) is 3.62. The van der Waals surface area contributed by atoms with Gasteiger partial charge in [0.25, 0.3) is 0 Å². The van der Waals surface area contributed by atoms with Crippen molar-refractivity contribution in [3.8, 4) is 0 Å². The van der Waals surface area contributed by atoms with Crippen molar-refractivity contribution in [2.24, 2.45) is 5.73 Å². The van der Waals surface area contributed by atoms with Gasteiger partial charge in [-0.15, -0.1) is 0 Å². The molecule has 2 N–H and O–H groups in total. The van der Waals surface area contributed by atoms with Crippen LogP contribution in [0.25, 0.3) is 6.08 Å². The van der Waals surface area contributed by atoms with E-state index in [1.807, 2.05) is 6.92 Å². The third-order valence-electron chi connectivity index (χ3n) is 1.90. The third kappa shape index (κ3) is 4.02. The molecule has 16 heavy (non-hydrogen) atoms. The van der Waals surface area contributed by atoms with Gasteiger partial charge in [-0.1, -0.05) is 12.2 Å². The Morgan fingerprint density at radius 2 is 2.12 bits per heavy atom. The Bertz CT molecular complexity index is 370. The van der Waals surface area contributed by atoms with Crippen molar-refractivity contribution < 1.29 is 13.2 Å². The molecule has 1 aromatic heterocycles. The third-order valence-corrected chi connectivity index (χ3v) is 1.90. The highest BCUT2D eigenvalue weighted by molar-refractivity contribution is 5.49. The normalized spacial score (nSPS) is 14.3. The molecule has 0 aliphatic rings. The van der Waals surface area contributed by atoms with Crippen LogP contribution in [0.15, 0.2) is 24.5 Å². The molecule has 0 saturated heterocycles. The van der Waals surface area contributed by atoms with Crippen LogP contribution in [0.3, 0.4) is 0 Å². The quantitative estimate of drug-likeness (QED) is 0.867. The first-order chi connectivity index (χ1) is 7.39. The maximum absolute atomic E-state index is 12.3. The van der Waals surface area contributed by atoms with Crippen LogP contribution in [0.1, 0.15) is 24.5 Å². The van der Waals surface area contributed by atoms with Crippen LogP contribution < -0.4 is 5.73 Å². The zero-order valence-electron chi connectivity index (χ0n) is 8.83. The molecule has 0 aliphatic heterocycles. The first-order valence-electron chi connectivity index (χ1n) is 4.84. The molecule has 0 aliphatic carbocycles. The van der Waals surface area contributed by atoms with Crippen molar-refractivity contribution in [2.45, 2.75) is 25.6 Å². The van der Waals surface area contributed by atoms with Gasteiger partial charge in [0, 0.05) is 18.4 Å². The topological polar surface area (TPSA) is 38.9 Å². The lowest BCUT2D eigenvalue weighted by molar-refractivity contribution is -0.137. The molecular weight excluding hydrogens is 217 g/mol. The number of nitrogens with zero attached hydrogens (tertiary/aromatic N) is 1. The average Bonchev–Trinajstić information content (AvgIpc) is 2.16. The van der Waals surface area contributed by atoms with Gasteiger partial charge in [0.15, 0.2) is 0 Å². The Morgan fingerprint density at radius 3 is 2.69 bits per heavy atom. The van der Waals surface area contributed by atoms with Crippen LogP contribution in [0, 0.1) is 0 Å². The summed E-state index contributed by atoms with van der Waals surface area (Å²) >= 11 is 0. The van der Waals surface area contributed by atoms with Gasteiger partial charge in [-0.25, -0.2) is 0 Å². The fourth-order valence-electron chi connectivity index (χ4n) is 1.12. The summed E-state index contributed by atoms with van der Waals surface area (Å²) in [6, 6.07) is 1.06. The number of alkyl halides is 3. The average molecular weight is 230 g/mol. The molecule has 1 rings (SSSR count). The highest BCUT2D eigenvalue weighted by Crippen LogP contribution is 2.29. The summed E-state index contributed by atoms with van der Waals surface area (Å²) in [7, 11) is 0. The molecule has 0 radical (unpaired) electrons. The van der Waals surface area contributed by atoms with Gasteiger partial charge < -0.3 is 5.73 Å². The lowest BCUT2D eigenvalue weighted by Gasteiger charge is -2.06. The summed E-state index contributed by atoms with van der Waals surface area (Å²) in [6.07, 6.45) is 1.79.